The average molecular weight is 254 g/mol. The minimum atomic E-state index is -0.948. The molecule has 2 aromatic rings. The molecule has 96 valence electrons. The molecule has 0 atom stereocenters. The van der Waals surface area contributed by atoms with Crippen LogP contribution in [0, 0.1) is 0 Å². The standard InChI is InChI=1S/C16H14O3/c17-16(18)11-10-13-6-8-14(9-7-13)12-19-15-4-2-1-3-5-15/h1-11H,12H2,(H,17,18)/b11-10+. The molecule has 0 spiro atoms. The van der Waals surface area contributed by atoms with Gasteiger partial charge in [-0.3, -0.25) is 0 Å². The number of benzene rings is 2. The molecule has 3 heteroatoms. The van der Waals surface area contributed by atoms with Crippen molar-refractivity contribution in [1.29, 1.82) is 0 Å². The van der Waals surface area contributed by atoms with Gasteiger partial charge >= 0.3 is 5.97 Å². The van der Waals surface area contributed by atoms with Crippen molar-refractivity contribution in [3.8, 4) is 5.75 Å². The van der Waals surface area contributed by atoms with Gasteiger partial charge in [0.25, 0.3) is 0 Å². The summed E-state index contributed by atoms with van der Waals surface area (Å²) in [5.41, 5.74) is 1.89. The van der Waals surface area contributed by atoms with Gasteiger partial charge in [-0.05, 0) is 29.3 Å². The SMILES string of the molecule is O=C(O)/C=C/c1ccc(COc2ccccc2)cc1. The molecule has 0 radical (unpaired) electrons. The van der Waals surface area contributed by atoms with Crippen molar-refractivity contribution in [2.24, 2.45) is 0 Å². The zero-order valence-corrected chi connectivity index (χ0v) is 10.3. The maximum Gasteiger partial charge on any atom is 0.328 e. The molecule has 0 saturated carbocycles. The Hall–Kier alpha value is -2.55. The Balaban J connectivity index is 1.94. The summed E-state index contributed by atoms with van der Waals surface area (Å²) in [6.45, 7) is 0.493. The first-order valence-corrected chi connectivity index (χ1v) is 5.92. The van der Waals surface area contributed by atoms with Crippen molar-refractivity contribution in [3.63, 3.8) is 0 Å². The highest BCUT2D eigenvalue weighted by Crippen LogP contribution is 2.12. The molecule has 0 amide bonds. The van der Waals surface area contributed by atoms with E-state index >= 15 is 0 Å². The van der Waals surface area contributed by atoms with E-state index in [1.165, 1.54) is 0 Å². The molecule has 2 aromatic carbocycles. The first-order chi connectivity index (χ1) is 9.24. The van der Waals surface area contributed by atoms with Gasteiger partial charge in [0.2, 0.25) is 0 Å². The molecule has 0 saturated heterocycles. The van der Waals surface area contributed by atoms with Crippen LogP contribution in [0.5, 0.6) is 5.75 Å². The zero-order valence-electron chi connectivity index (χ0n) is 10.3. The molecule has 0 aromatic heterocycles. The van der Waals surface area contributed by atoms with Gasteiger partial charge in [-0.15, -0.1) is 0 Å². The van der Waals surface area contributed by atoms with Crippen molar-refractivity contribution in [2.75, 3.05) is 0 Å². The van der Waals surface area contributed by atoms with Crippen LogP contribution in [0.1, 0.15) is 11.1 Å². The van der Waals surface area contributed by atoms with Crippen molar-refractivity contribution in [2.45, 2.75) is 6.61 Å². The first kappa shape index (κ1) is 12.9. The lowest BCUT2D eigenvalue weighted by Gasteiger charge is -2.06. The Bertz CT molecular complexity index is 556. The number of hydrogen-bond acceptors (Lipinski definition) is 2. The quantitative estimate of drug-likeness (QED) is 0.832. The van der Waals surface area contributed by atoms with E-state index in [0.717, 1.165) is 23.0 Å². The minimum absolute atomic E-state index is 0.493. The van der Waals surface area contributed by atoms with Crippen LogP contribution in [0.3, 0.4) is 0 Å². The van der Waals surface area contributed by atoms with E-state index in [0.29, 0.717) is 6.61 Å². The summed E-state index contributed by atoms with van der Waals surface area (Å²) >= 11 is 0. The number of carbonyl (C=O) groups is 1. The van der Waals surface area contributed by atoms with Crippen molar-refractivity contribution >= 4 is 12.0 Å². The van der Waals surface area contributed by atoms with E-state index in [4.69, 9.17) is 9.84 Å². The smallest absolute Gasteiger partial charge is 0.328 e. The Morgan fingerprint density at radius 2 is 1.74 bits per heavy atom. The number of hydrogen-bond donors (Lipinski definition) is 1. The Labute approximate surface area is 111 Å². The summed E-state index contributed by atoms with van der Waals surface area (Å²) in [6.07, 6.45) is 2.68. The van der Waals surface area contributed by atoms with E-state index in [9.17, 15) is 4.79 Å². The number of carboxylic acid groups (broad SMARTS) is 1. The third kappa shape index (κ3) is 4.32. The topological polar surface area (TPSA) is 46.5 Å². The van der Waals surface area contributed by atoms with Crippen LogP contribution in [0.4, 0.5) is 0 Å². The molecular weight excluding hydrogens is 240 g/mol. The van der Waals surface area contributed by atoms with E-state index < -0.39 is 5.97 Å². The van der Waals surface area contributed by atoms with E-state index in [1.807, 2.05) is 54.6 Å². The van der Waals surface area contributed by atoms with Gasteiger partial charge in [-0.1, -0.05) is 42.5 Å². The van der Waals surface area contributed by atoms with Crippen LogP contribution >= 0.6 is 0 Å². The predicted octanol–water partition coefficient (Wildman–Crippen LogP) is 3.36. The van der Waals surface area contributed by atoms with Crippen LogP contribution in [0.15, 0.2) is 60.7 Å². The fourth-order valence-electron chi connectivity index (χ4n) is 1.58. The van der Waals surface area contributed by atoms with Crippen LogP contribution in [0.25, 0.3) is 6.08 Å². The highest BCUT2D eigenvalue weighted by molar-refractivity contribution is 5.85. The maximum atomic E-state index is 10.4. The van der Waals surface area contributed by atoms with Crippen LogP contribution in [0.2, 0.25) is 0 Å². The maximum absolute atomic E-state index is 10.4. The Kier molecular flexibility index (Phi) is 4.34. The molecule has 0 fully saturated rings. The van der Waals surface area contributed by atoms with Gasteiger partial charge in [-0.2, -0.15) is 0 Å². The van der Waals surface area contributed by atoms with Gasteiger partial charge in [0.1, 0.15) is 12.4 Å². The van der Waals surface area contributed by atoms with Crippen molar-refractivity contribution in [1.82, 2.24) is 0 Å². The fraction of sp³-hybridized carbons (Fsp3) is 0.0625. The second-order valence-corrected chi connectivity index (χ2v) is 4.01. The largest absolute Gasteiger partial charge is 0.489 e. The normalized spacial score (nSPS) is 10.5. The summed E-state index contributed by atoms with van der Waals surface area (Å²) in [4.78, 5) is 10.4. The number of para-hydroxylation sites is 1. The minimum Gasteiger partial charge on any atom is -0.489 e. The monoisotopic (exact) mass is 254 g/mol. The van der Waals surface area contributed by atoms with Crippen molar-refractivity contribution in [3.05, 3.63) is 71.8 Å². The molecule has 0 aliphatic heterocycles. The van der Waals surface area contributed by atoms with Gasteiger partial charge in [-0.25, -0.2) is 4.79 Å². The lowest BCUT2D eigenvalue weighted by molar-refractivity contribution is -0.131. The second kappa shape index (κ2) is 6.40. The lowest BCUT2D eigenvalue weighted by Crippen LogP contribution is -1.94. The molecule has 0 bridgehead atoms. The third-order valence-corrected chi connectivity index (χ3v) is 2.55. The van der Waals surface area contributed by atoms with Gasteiger partial charge < -0.3 is 9.84 Å². The molecule has 0 aliphatic rings. The van der Waals surface area contributed by atoms with Crippen LogP contribution < -0.4 is 4.74 Å². The van der Waals surface area contributed by atoms with Gasteiger partial charge in [0.05, 0.1) is 0 Å². The summed E-state index contributed by atoms with van der Waals surface area (Å²) in [5.74, 6) is -0.117. The number of aliphatic carboxylic acids is 1. The molecule has 3 nitrogen and oxygen atoms in total. The second-order valence-electron chi connectivity index (χ2n) is 4.01. The lowest BCUT2D eigenvalue weighted by atomic mass is 10.1. The van der Waals surface area contributed by atoms with E-state index in [2.05, 4.69) is 0 Å². The van der Waals surface area contributed by atoms with E-state index in [1.54, 1.807) is 6.08 Å². The fourth-order valence-corrected chi connectivity index (χ4v) is 1.58. The van der Waals surface area contributed by atoms with E-state index in [-0.39, 0.29) is 0 Å². The molecular formula is C16H14O3. The van der Waals surface area contributed by atoms with Crippen molar-refractivity contribution < 1.29 is 14.6 Å². The highest BCUT2D eigenvalue weighted by atomic mass is 16.5. The molecule has 19 heavy (non-hydrogen) atoms. The summed E-state index contributed by atoms with van der Waals surface area (Å²) in [7, 11) is 0. The zero-order chi connectivity index (χ0) is 13.5. The number of carboxylic acids is 1. The summed E-state index contributed by atoms with van der Waals surface area (Å²) in [5, 5.41) is 8.53. The van der Waals surface area contributed by atoms with Crippen LogP contribution in [-0.2, 0) is 11.4 Å². The van der Waals surface area contributed by atoms with Crippen LogP contribution in [-0.4, -0.2) is 11.1 Å². The number of ether oxygens (including phenoxy) is 1. The Morgan fingerprint density at radius 1 is 1.05 bits per heavy atom. The summed E-state index contributed by atoms with van der Waals surface area (Å²) in [6, 6.07) is 17.2. The molecule has 0 aliphatic carbocycles. The number of rotatable bonds is 5. The molecule has 0 unspecified atom stereocenters. The molecule has 1 N–H and O–H groups in total. The van der Waals surface area contributed by atoms with Gasteiger partial charge in [0, 0.05) is 6.08 Å². The molecule has 2 rings (SSSR count). The molecule has 0 heterocycles. The van der Waals surface area contributed by atoms with Gasteiger partial charge in [0.15, 0.2) is 0 Å². The average Bonchev–Trinajstić information content (AvgIpc) is 2.45. The predicted molar refractivity (Wildman–Crippen MR) is 73.9 cm³/mol. The third-order valence-electron chi connectivity index (χ3n) is 2.55. The Morgan fingerprint density at radius 3 is 2.37 bits per heavy atom. The summed E-state index contributed by atoms with van der Waals surface area (Å²) < 4.78 is 5.62. The first-order valence-electron chi connectivity index (χ1n) is 5.92. The highest BCUT2D eigenvalue weighted by Gasteiger charge is 1.96.